The lowest BCUT2D eigenvalue weighted by Gasteiger charge is -2.37. The molecule has 0 bridgehead atoms. The van der Waals surface area contributed by atoms with E-state index in [1.165, 1.54) is 12.1 Å². The Morgan fingerprint density at radius 2 is 2.12 bits per heavy atom. The van der Waals surface area contributed by atoms with Gasteiger partial charge in [0.2, 0.25) is 15.9 Å². The van der Waals surface area contributed by atoms with Gasteiger partial charge in [0.05, 0.1) is 10.8 Å². The Labute approximate surface area is 143 Å². The third-order valence-corrected chi connectivity index (χ3v) is 5.88. The van der Waals surface area contributed by atoms with E-state index in [9.17, 15) is 13.2 Å². The standard InChI is InChI=1S/C16H26N4O3S/c1-16(18)8-3-2-7-14(16)15(21)20-12-5-4-6-13(11-12)24(22,23)19-10-9-17/h4-6,11,14,19H,2-3,7-10,17-18H2,1H3,(H,20,21). The van der Waals surface area contributed by atoms with Gasteiger partial charge in [0.15, 0.2) is 0 Å². The first-order valence-corrected chi connectivity index (χ1v) is 9.64. The van der Waals surface area contributed by atoms with Crippen molar-refractivity contribution in [3.05, 3.63) is 24.3 Å². The number of rotatable bonds is 6. The van der Waals surface area contributed by atoms with Crippen LogP contribution in [0.2, 0.25) is 0 Å². The highest BCUT2D eigenvalue weighted by Gasteiger charge is 2.37. The minimum atomic E-state index is -3.63. The second kappa shape index (κ2) is 7.60. The van der Waals surface area contributed by atoms with Crippen molar-refractivity contribution in [1.29, 1.82) is 0 Å². The zero-order valence-electron chi connectivity index (χ0n) is 13.9. The molecule has 7 nitrogen and oxygen atoms in total. The molecule has 6 N–H and O–H groups in total. The van der Waals surface area contributed by atoms with Crippen molar-refractivity contribution in [2.75, 3.05) is 18.4 Å². The van der Waals surface area contributed by atoms with Crippen LogP contribution in [0.15, 0.2) is 29.2 Å². The summed E-state index contributed by atoms with van der Waals surface area (Å²) in [6.45, 7) is 2.27. The van der Waals surface area contributed by atoms with Crippen LogP contribution in [0.3, 0.4) is 0 Å². The lowest BCUT2D eigenvalue weighted by atomic mass is 9.74. The maximum absolute atomic E-state index is 12.5. The lowest BCUT2D eigenvalue weighted by Crippen LogP contribution is -2.51. The smallest absolute Gasteiger partial charge is 0.240 e. The number of nitrogens with one attached hydrogen (secondary N) is 2. The third kappa shape index (κ3) is 4.54. The van der Waals surface area contributed by atoms with Crippen molar-refractivity contribution in [1.82, 2.24) is 4.72 Å². The molecule has 2 atom stereocenters. The van der Waals surface area contributed by atoms with Crippen LogP contribution in [0.1, 0.15) is 32.6 Å². The molecule has 1 amide bonds. The fourth-order valence-corrected chi connectivity index (χ4v) is 4.13. The highest BCUT2D eigenvalue weighted by molar-refractivity contribution is 7.89. The number of carbonyl (C=O) groups is 1. The minimum Gasteiger partial charge on any atom is -0.329 e. The molecule has 8 heteroatoms. The van der Waals surface area contributed by atoms with Crippen LogP contribution < -0.4 is 21.5 Å². The van der Waals surface area contributed by atoms with E-state index >= 15 is 0 Å². The van der Waals surface area contributed by atoms with E-state index in [-0.39, 0.29) is 29.8 Å². The number of hydrogen-bond donors (Lipinski definition) is 4. The Kier molecular flexibility index (Phi) is 5.97. The minimum absolute atomic E-state index is 0.0907. The summed E-state index contributed by atoms with van der Waals surface area (Å²) in [5.41, 5.74) is 11.5. The molecule has 1 fully saturated rings. The van der Waals surface area contributed by atoms with E-state index in [0.29, 0.717) is 5.69 Å². The maximum Gasteiger partial charge on any atom is 0.240 e. The van der Waals surface area contributed by atoms with Gasteiger partial charge in [0.25, 0.3) is 0 Å². The molecule has 1 aromatic rings. The Morgan fingerprint density at radius 1 is 1.38 bits per heavy atom. The van der Waals surface area contributed by atoms with Gasteiger partial charge in [-0.25, -0.2) is 13.1 Å². The molecule has 1 aliphatic carbocycles. The monoisotopic (exact) mass is 354 g/mol. The number of hydrogen-bond acceptors (Lipinski definition) is 5. The average Bonchev–Trinajstić information content (AvgIpc) is 2.52. The molecule has 1 aliphatic rings. The second-order valence-electron chi connectivity index (χ2n) is 6.51. The first-order chi connectivity index (χ1) is 11.3. The van der Waals surface area contributed by atoms with Crippen LogP contribution in [0.5, 0.6) is 0 Å². The number of amides is 1. The highest BCUT2D eigenvalue weighted by Crippen LogP contribution is 2.32. The van der Waals surface area contributed by atoms with Crippen LogP contribution in [0, 0.1) is 5.92 Å². The van der Waals surface area contributed by atoms with Crippen LogP contribution in [-0.2, 0) is 14.8 Å². The van der Waals surface area contributed by atoms with Crippen molar-refractivity contribution in [3.63, 3.8) is 0 Å². The first-order valence-electron chi connectivity index (χ1n) is 8.16. The predicted molar refractivity (Wildman–Crippen MR) is 93.9 cm³/mol. The highest BCUT2D eigenvalue weighted by atomic mass is 32.2. The molecular weight excluding hydrogens is 328 g/mol. The van der Waals surface area contributed by atoms with Gasteiger partial charge in [-0.15, -0.1) is 0 Å². The van der Waals surface area contributed by atoms with Gasteiger partial charge < -0.3 is 16.8 Å². The SMILES string of the molecule is CC1(N)CCCCC1C(=O)Nc1cccc(S(=O)(=O)NCCN)c1. The summed E-state index contributed by atoms with van der Waals surface area (Å²) in [6.07, 6.45) is 3.55. The molecule has 0 radical (unpaired) electrons. The largest absolute Gasteiger partial charge is 0.329 e. The van der Waals surface area contributed by atoms with Crippen molar-refractivity contribution in [2.45, 2.75) is 43.0 Å². The summed E-state index contributed by atoms with van der Waals surface area (Å²) in [6, 6.07) is 6.17. The van der Waals surface area contributed by atoms with Gasteiger partial charge in [0.1, 0.15) is 0 Å². The molecule has 134 valence electrons. The molecule has 0 saturated heterocycles. The third-order valence-electron chi connectivity index (χ3n) is 4.42. The summed E-state index contributed by atoms with van der Waals surface area (Å²) in [4.78, 5) is 12.6. The summed E-state index contributed by atoms with van der Waals surface area (Å²) in [7, 11) is -3.63. The van der Waals surface area contributed by atoms with E-state index in [0.717, 1.165) is 25.7 Å². The van der Waals surface area contributed by atoms with Gasteiger partial charge >= 0.3 is 0 Å². The summed E-state index contributed by atoms with van der Waals surface area (Å²) in [5.74, 6) is -0.439. The van der Waals surface area contributed by atoms with Crippen LogP contribution in [0.25, 0.3) is 0 Å². The first kappa shape index (κ1) is 18.9. The Balaban J connectivity index is 2.13. The van der Waals surface area contributed by atoms with Crippen LogP contribution >= 0.6 is 0 Å². The van der Waals surface area contributed by atoms with Crippen molar-refractivity contribution >= 4 is 21.6 Å². The average molecular weight is 354 g/mol. The number of benzene rings is 1. The van der Waals surface area contributed by atoms with Crippen LogP contribution in [0.4, 0.5) is 5.69 Å². The van der Waals surface area contributed by atoms with E-state index in [1.54, 1.807) is 12.1 Å². The van der Waals surface area contributed by atoms with Crippen molar-refractivity contribution in [2.24, 2.45) is 17.4 Å². The molecule has 2 unspecified atom stereocenters. The molecule has 1 saturated carbocycles. The Hall–Kier alpha value is -1.48. The normalized spacial score (nSPS) is 24.5. The quantitative estimate of drug-likeness (QED) is 0.600. The molecule has 0 aliphatic heterocycles. The van der Waals surface area contributed by atoms with Gasteiger partial charge in [-0.2, -0.15) is 0 Å². The van der Waals surface area contributed by atoms with Gasteiger partial charge in [-0.1, -0.05) is 18.9 Å². The van der Waals surface area contributed by atoms with Crippen LogP contribution in [-0.4, -0.2) is 33.0 Å². The molecule has 0 heterocycles. The fraction of sp³-hybridized carbons (Fsp3) is 0.562. The molecule has 0 spiro atoms. The second-order valence-corrected chi connectivity index (χ2v) is 8.27. The molecule has 2 rings (SSSR count). The van der Waals surface area contributed by atoms with E-state index < -0.39 is 15.6 Å². The number of carbonyl (C=O) groups excluding carboxylic acids is 1. The zero-order chi connectivity index (χ0) is 17.8. The Bertz CT molecular complexity index is 688. The van der Waals surface area contributed by atoms with E-state index in [1.807, 2.05) is 6.92 Å². The predicted octanol–water partition coefficient (Wildman–Crippen LogP) is 0.770. The van der Waals surface area contributed by atoms with E-state index in [2.05, 4.69) is 10.0 Å². The number of anilines is 1. The summed E-state index contributed by atoms with van der Waals surface area (Å²) in [5, 5.41) is 2.80. The maximum atomic E-state index is 12.5. The topological polar surface area (TPSA) is 127 Å². The van der Waals surface area contributed by atoms with Gasteiger partial charge in [-0.05, 0) is 38.0 Å². The fourth-order valence-electron chi connectivity index (χ4n) is 3.04. The van der Waals surface area contributed by atoms with E-state index in [4.69, 9.17) is 11.5 Å². The molecular formula is C16H26N4O3S. The number of nitrogens with two attached hydrogens (primary N) is 2. The zero-order valence-corrected chi connectivity index (χ0v) is 14.7. The summed E-state index contributed by atoms with van der Waals surface area (Å²) >= 11 is 0. The van der Waals surface area contributed by atoms with Gasteiger partial charge in [-0.3, -0.25) is 4.79 Å². The van der Waals surface area contributed by atoms with Gasteiger partial charge in [0, 0.05) is 24.3 Å². The summed E-state index contributed by atoms with van der Waals surface area (Å²) < 4.78 is 26.7. The molecule has 1 aromatic carbocycles. The van der Waals surface area contributed by atoms with Crippen molar-refractivity contribution in [3.8, 4) is 0 Å². The lowest BCUT2D eigenvalue weighted by molar-refractivity contribution is -0.122. The molecule has 0 aromatic heterocycles. The van der Waals surface area contributed by atoms with Crippen molar-refractivity contribution < 1.29 is 13.2 Å². The number of sulfonamides is 1. The Morgan fingerprint density at radius 3 is 2.79 bits per heavy atom. The molecule has 24 heavy (non-hydrogen) atoms.